The summed E-state index contributed by atoms with van der Waals surface area (Å²) in [6.45, 7) is 0. The van der Waals surface area contributed by atoms with Crippen molar-refractivity contribution in [3.05, 3.63) is 28.7 Å². The molecule has 0 atom stereocenters. The Kier molecular flexibility index (Phi) is 1.95. The predicted molar refractivity (Wildman–Crippen MR) is 34.5 cm³/mol. The molecule has 0 N–H and O–H groups in total. The maximum Gasteiger partial charge on any atom is 0.168 e. The van der Waals surface area contributed by atoms with Gasteiger partial charge < -0.3 is 0 Å². The highest BCUT2D eigenvalue weighted by Crippen LogP contribution is 2.20. The van der Waals surface area contributed by atoms with Crippen molar-refractivity contribution >= 4 is 17.2 Å². The van der Waals surface area contributed by atoms with Gasteiger partial charge in [0.2, 0.25) is 0 Å². The van der Waals surface area contributed by atoms with Gasteiger partial charge in [-0.3, -0.25) is 0 Å². The summed E-state index contributed by atoms with van der Waals surface area (Å²) in [7, 11) is 0. The molecule has 0 saturated heterocycles. The standard InChI is InChI=1S/C6H4F2S/c7-4-5(8)6-2-1-3-9-6/h1-4H. The van der Waals surface area contributed by atoms with E-state index < -0.39 is 5.83 Å². The fourth-order valence-corrected chi connectivity index (χ4v) is 1.09. The molecule has 1 heterocycles. The van der Waals surface area contributed by atoms with Crippen molar-refractivity contribution in [2.45, 2.75) is 0 Å². The number of halogens is 2. The average Bonchev–Trinajstić information content (AvgIpc) is 2.37. The molecule has 3 heteroatoms. The van der Waals surface area contributed by atoms with Crippen LogP contribution in [0.1, 0.15) is 4.88 Å². The third-order valence-corrected chi connectivity index (χ3v) is 1.73. The number of hydrogen-bond acceptors (Lipinski definition) is 1. The highest BCUT2D eigenvalue weighted by Gasteiger charge is 1.98. The predicted octanol–water partition coefficient (Wildman–Crippen LogP) is 2.99. The molecule has 0 aliphatic rings. The first-order valence-corrected chi connectivity index (χ1v) is 3.22. The van der Waals surface area contributed by atoms with Crippen molar-refractivity contribution in [2.75, 3.05) is 0 Å². The molecule has 1 aromatic heterocycles. The Labute approximate surface area is 55.4 Å². The molecule has 48 valence electrons. The third-order valence-electron chi connectivity index (χ3n) is 0.852. The monoisotopic (exact) mass is 146 g/mol. The maximum atomic E-state index is 12.2. The summed E-state index contributed by atoms with van der Waals surface area (Å²) in [4.78, 5) is 0.331. The molecule has 0 radical (unpaired) electrons. The first-order chi connectivity index (χ1) is 4.34. The van der Waals surface area contributed by atoms with E-state index in [1.807, 2.05) is 0 Å². The molecular formula is C6H4F2S. The Morgan fingerprint density at radius 2 is 2.44 bits per heavy atom. The summed E-state index contributed by atoms with van der Waals surface area (Å²) < 4.78 is 23.6. The largest absolute Gasteiger partial charge is 0.212 e. The van der Waals surface area contributed by atoms with Crippen LogP contribution >= 0.6 is 11.3 Å². The lowest BCUT2D eigenvalue weighted by atomic mass is 10.4. The zero-order valence-electron chi connectivity index (χ0n) is 4.47. The Morgan fingerprint density at radius 3 is 2.89 bits per heavy atom. The molecule has 0 spiro atoms. The first-order valence-electron chi connectivity index (χ1n) is 2.34. The minimum Gasteiger partial charge on any atom is -0.212 e. The number of rotatable bonds is 1. The van der Waals surface area contributed by atoms with Crippen LogP contribution in [-0.2, 0) is 0 Å². The fraction of sp³-hybridized carbons (Fsp3) is 0. The molecule has 0 saturated carbocycles. The second-order valence-electron chi connectivity index (χ2n) is 1.43. The van der Waals surface area contributed by atoms with Crippen molar-refractivity contribution in [1.82, 2.24) is 0 Å². The normalized spacial score (nSPS) is 12.0. The van der Waals surface area contributed by atoms with E-state index in [1.54, 1.807) is 11.4 Å². The zero-order chi connectivity index (χ0) is 6.69. The van der Waals surface area contributed by atoms with E-state index >= 15 is 0 Å². The summed E-state index contributed by atoms with van der Waals surface area (Å²) in [5.74, 6) is -0.801. The quantitative estimate of drug-likeness (QED) is 0.571. The van der Waals surface area contributed by atoms with E-state index in [0.717, 1.165) is 0 Å². The lowest BCUT2D eigenvalue weighted by Gasteiger charge is -1.83. The van der Waals surface area contributed by atoms with Crippen LogP contribution in [0.2, 0.25) is 0 Å². The van der Waals surface area contributed by atoms with Crippen molar-refractivity contribution in [2.24, 2.45) is 0 Å². The molecule has 1 rings (SSSR count). The Morgan fingerprint density at radius 1 is 1.67 bits per heavy atom. The molecule has 0 nitrogen and oxygen atoms in total. The van der Waals surface area contributed by atoms with E-state index in [1.165, 1.54) is 17.4 Å². The van der Waals surface area contributed by atoms with E-state index in [-0.39, 0.29) is 6.33 Å². The Hall–Kier alpha value is -0.700. The van der Waals surface area contributed by atoms with Crippen molar-refractivity contribution in [3.63, 3.8) is 0 Å². The van der Waals surface area contributed by atoms with E-state index in [4.69, 9.17) is 0 Å². The molecule has 0 fully saturated rings. The third kappa shape index (κ3) is 1.36. The smallest absolute Gasteiger partial charge is 0.168 e. The summed E-state index contributed by atoms with van der Waals surface area (Å²) in [5.41, 5.74) is 0. The van der Waals surface area contributed by atoms with Crippen LogP contribution in [0.5, 0.6) is 0 Å². The van der Waals surface area contributed by atoms with Gasteiger partial charge in [-0.05, 0) is 11.4 Å². The number of thiophene rings is 1. The molecule has 0 unspecified atom stereocenters. The van der Waals surface area contributed by atoms with E-state index in [0.29, 0.717) is 4.88 Å². The van der Waals surface area contributed by atoms with Gasteiger partial charge in [-0.1, -0.05) is 6.07 Å². The van der Waals surface area contributed by atoms with Crippen molar-refractivity contribution < 1.29 is 8.78 Å². The molecule has 0 aliphatic heterocycles. The van der Waals surface area contributed by atoms with Crippen LogP contribution in [-0.4, -0.2) is 0 Å². The van der Waals surface area contributed by atoms with Crippen LogP contribution < -0.4 is 0 Å². The lowest BCUT2D eigenvalue weighted by Crippen LogP contribution is -1.62. The van der Waals surface area contributed by atoms with Crippen LogP contribution in [0.15, 0.2) is 23.8 Å². The second kappa shape index (κ2) is 2.73. The van der Waals surface area contributed by atoms with Gasteiger partial charge in [0.1, 0.15) is 6.33 Å². The van der Waals surface area contributed by atoms with Gasteiger partial charge >= 0.3 is 0 Å². The van der Waals surface area contributed by atoms with Gasteiger partial charge in [0.25, 0.3) is 0 Å². The highest BCUT2D eigenvalue weighted by atomic mass is 32.1. The Bertz CT molecular complexity index is 201. The lowest BCUT2D eigenvalue weighted by molar-refractivity contribution is 0.673. The van der Waals surface area contributed by atoms with Gasteiger partial charge in [-0.2, -0.15) is 0 Å². The average molecular weight is 146 g/mol. The topological polar surface area (TPSA) is 0 Å². The summed E-state index contributed by atoms with van der Waals surface area (Å²) >= 11 is 1.17. The molecular weight excluding hydrogens is 142 g/mol. The van der Waals surface area contributed by atoms with Crippen LogP contribution in [0, 0.1) is 0 Å². The molecule has 9 heavy (non-hydrogen) atoms. The Balaban J connectivity index is 2.90. The molecule has 0 aromatic carbocycles. The van der Waals surface area contributed by atoms with E-state index in [2.05, 4.69) is 0 Å². The molecule has 0 aliphatic carbocycles. The van der Waals surface area contributed by atoms with Crippen molar-refractivity contribution in [3.8, 4) is 0 Å². The highest BCUT2D eigenvalue weighted by molar-refractivity contribution is 7.11. The summed E-state index contributed by atoms with van der Waals surface area (Å²) in [6.07, 6.45) is -0.0359. The minimum atomic E-state index is -0.801. The molecule has 1 aromatic rings. The fourth-order valence-electron chi connectivity index (χ4n) is 0.468. The molecule has 0 bridgehead atoms. The van der Waals surface area contributed by atoms with Gasteiger partial charge in [-0.15, -0.1) is 11.3 Å². The van der Waals surface area contributed by atoms with Crippen molar-refractivity contribution in [1.29, 1.82) is 0 Å². The van der Waals surface area contributed by atoms with Crippen LogP contribution in [0.3, 0.4) is 0 Å². The van der Waals surface area contributed by atoms with Gasteiger partial charge in [-0.25, -0.2) is 8.78 Å². The van der Waals surface area contributed by atoms with Gasteiger partial charge in [0.15, 0.2) is 5.83 Å². The first kappa shape index (κ1) is 6.42. The SMILES string of the molecule is FC=C(F)c1cccs1. The maximum absolute atomic E-state index is 12.2. The van der Waals surface area contributed by atoms with Gasteiger partial charge in [0, 0.05) is 0 Å². The second-order valence-corrected chi connectivity index (χ2v) is 2.38. The summed E-state index contributed by atoms with van der Waals surface area (Å²) in [6, 6.07) is 3.19. The minimum absolute atomic E-state index is 0.0359. The van der Waals surface area contributed by atoms with E-state index in [9.17, 15) is 8.78 Å². The van der Waals surface area contributed by atoms with Crippen LogP contribution in [0.25, 0.3) is 5.83 Å². The number of hydrogen-bond donors (Lipinski definition) is 0. The summed E-state index contributed by atoms with van der Waals surface area (Å²) in [5, 5.41) is 1.69. The molecule has 0 amide bonds. The van der Waals surface area contributed by atoms with Gasteiger partial charge in [0.05, 0.1) is 4.88 Å². The van der Waals surface area contributed by atoms with Crippen LogP contribution in [0.4, 0.5) is 8.78 Å². The zero-order valence-corrected chi connectivity index (χ0v) is 5.29.